The molecule has 0 aromatic heterocycles. The lowest BCUT2D eigenvalue weighted by molar-refractivity contribution is 0.0788. The number of hydrogen-bond acceptors (Lipinski definition) is 5. The zero-order chi connectivity index (χ0) is 21.7. The van der Waals surface area contributed by atoms with Gasteiger partial charge in [-0.25, -0.2) is 8.42 Å². The molecule has 1 saturated heterocycles. The first-order chi connectivity index (χ1) is 14.4. The molecule has 1 heterocycles. The van der Waals surface area contributed by atoms with E-state index in [0.29, 0.717) is 31.9 Å². The summed E-state index contributed by atoms with van der Waals surface area (Å²) in [5.41, 5.74) is 1.28. The summed E-state index contributed by atoms with van der Waals surface area (Å²) in [5.74, 6) is 0.152. The van der Waals surface area contributed by atoms with Crippen LogP contribution in [0.3, 0.4) is 0 Å². The fourth-order valence-corrected chi connectivity index (χ4v) is 5.22. The van der Waals surface area contributed by atoms with Gasteiger partial charge in [-0.05, 0) is 36.8 Å². The SMILES string of the molecule is CCN(CC)S(=O)(=O)c1ccc(OC)c(C(=O)N2CCC(Nc3ccccc3)C2)c1. The minimum Gasteiger partial charge on any atom is -0.496 e. The van der Waals surface area contributed by atoms with Crippen molar-refractivity contribution < 1.29 is 17.9 Å². The number of benzene rings is 2. The van der Waals surface area contributed by atoms with Crippen molar-refractivity contribution in [1.82, 2.24) is 9.21 Å². The molecular formula is C22H29N3O4S. The standard InChI is InChI=1S/C22H29N3O4S/c1-4-25(5-2)30(27,28)19-11-12-21(29-3)20(15-19)22(26)24-14-13-18(16-24)23-17-9-7-6-8-10-17/h6-12,15,18,23H,4-5,13-14,16H2,1-3H3. The van der Waals surface area contributed by atoms with E-state index < -0.39 is 10.0 Å². The van der Waals surface area contributed by atoms with E-state index in [2.05, 4.69) is 5.32 Å². The Kier molecular flexibility index (Phi) is 6.99. The third kappa shape index (κ3) is 4.60. The number of hydrogen-bond donors (Lipinski definition) is 1. The van der Waals surface area contributed by atoms with E-state index in [-0.39, 0.29) is 22.4 Å². The van der Waals surface area contributed by atoms with Gasteiger partial charge >= 0.3 is 0 Å². The van der Waals surface area contributed by atoms with Crippen LogP contribution in [0.4, 0.5) is 5.69 Å². The molecule has 0 aliphatic carbocycles. The Morgan fingerprint density at radius 1 is 1.17 bits per heavy atom. The molecule has 0 radical (unpaired) electrons. The van der Waals surface area contributed by atoms with E-state index in [4.69, 9.17) is 4.74 Å². The molecule has 162 valence electrons. The molecule has 3 rings (SSSR count). The van der Waals surface area contributed by atoms with E-state index >= 15 is 0 Å². The monoisotopic (exact) mass is 431 g/mol. The summed E-state index contributed by atoms with van der Waals surface area (Å²) >= 11 is 0. The maximum atomic E-state index is 13.2. The molecule has 1 aliphatic rings. The first-order valence-corrected chi connectivity index (χ1v) is 11.6. The number of para-hydroxylation sites is 1. The normalized spacial score (nSPS) is 16.7. The van der Waals surface area contributed by atoms with Crippen LogP contribution >= 0.6 is 0 Å². The Bertz CT molecular complexity index is 975. The lowest BCUT2D eigenvalue weighted by Crippen LogP contribution is -2.33. The third-order valence-electron chi connectivity index (χ3n) is 5.36. The minimum atomic E-state index is -3.66. The summed E-state index contributed by atoms with van der Waals surface area (Å²) < 4.78 is 32.5. The smallest absolute Gasteiger partial charge is 0.257 e. The fraction of sp³-hybridized carbons (Fsp3) is 0.409. The van der Waals surface area contributed by atoms with Crippen LogP contribution in [-0.2, 0) is 10.0 Å². The lowest BCUT2D eigenvalue weighted by Gasteiger charge is -2.21. The van der Waals surface area contributed by atoms with Gasteiger partial charge in [0.2, 0.25) is 10.0 Å². The fourth-order valence-electron chi connectivity index (χ4n) is 3.73. The highest BCUT2D eigenvalue weighted by Gasteiger charge is 2.30. The number of nitrogens with zero attached hydrogens (tertiary/aromatic N) is 2. The summed E-state index contributed by atoms with van der Waals surface area (Å²) in [4.78, 5) is 15.1. The van der Waals surface area contributed by atoms with Crippen molar-refractivity contribution in [3.63, 3.8) is 0 Å². The van der Waals surface area contributed by atoms with Gasteiger partial charge in [0.05, 0.1) is 17.6 Å². The highest BCUT2D eigenvalue weighted by molar-refractivity contribution is 7.89. The van der Waals surface area contributed by atoms with E-state index in [1.165, 1.54) is 23.5 Å². The number of rotatable bonds is 8. The molecule has 1 aliphatic heterocycles. The topological polar surface area (TPSA) is 79.0 Å². The predicted molar refractivity (Wildman–Crippen MR) is 117 cm³/mol. The molecule has 30 heavy (non-hydrogen) atoms. The second-order valence-electron chi connectivity index (χ2n) is 7.20. The number of ether oxygens (including phenoxy) is 1. The molecule has 1 atom stereocenters. The summed E-state index contributed by atoms with van der Waals surface area (Å²) in [6.45, 7) is 5.46. The van der Waals surface area contributed by atoms with Gasteiger partial charge in [0, 0.05) is 37.9 Å². The summed E-state index contributed by atoms with van der Waals surface area (Å²) in [7, 11) is -2.18. The van der Waals surface area contributed by atoms with Crippen LogP contribution in [0.25, 0.3) is 0 Å². The molecule has 2 aromatic rings. The van der Waals surface area contributed by atoms with E-state index in [9.17, 15) is 13.2 Å². The Balaban J connectivity index is 1.81. The van der Waals surface area contributed by atoms with Gasteiger partial charge in [0.25, 0.3) is 5.91 Å². The minimum absolute atomic E-state index is 0.105. The zero-order valence-electron chi connectivity index (χ0n) is 17.7. The molecule has 1 unspecified atom stereocenters. The average Bonchev–Trinajstić information content (AvgIpc) is 3.22. The van der Waals surface area contributed by atoms with Gasteiger partial charge in [-0.15, -0.1) is 0 Å². The van der Waals surface area contributed by atoms with Crippen LogP contribution < -0.4 is 10.1 Å². The number of anilines is 1. The molecule has 0 bridgehead atoms. The van der Waals surface area contributed by atoms with Gasteiger partial charge in [-0.1, -0.05) is 32.0 Å². The maximum Gasteiger partial charge on any atom is 0.257 e. The van der Waals surface area contributed by atoms with Crippen molar-refractivity contribution in [3.8, 4) is 5.75 Å². The maximum absolute atomic E-state index is 13.2. The highest BCUT2D eigenvalue weighted by atomic mass is 32.2. The number of methoxy groups -OCH3 is 1. The quantitative estimate of drug-likeness (QED) is 0.695. The summed E-state index contributed by atoms with van der Waals surface area (Å²) in [5, 5.41) is 3.44. The van der Waals surface area contributed by atoms with Crippen LogP contribution in [0.1, 0.15) is 30.6 Å². The predicted octanol–water partition coefficient (Wildman–Crippen LogP) is 3.05. The Morgan fingerprint density at radius 3 is 2.50 bits per heavy atom. The Labute approximate surface area is 178 Å². The number of nitrogens with one attached hydrogen (secondary N) is 1. The second-order valence-corrected chi connectivity index (χ2v) is 9.14. The number of sulfonamides is 1. The third-order valence-corrected chi connectivity index (χ3v) is 7.41. The number of carbonyl (C=O) groups excluding carboxylic acids is 1. The first kappa shape index (κ1) is 22.1. The van der Waals surface area contributed by atoms with Crippen LogP contribution in [0.15, 0.2) is 53.4 Å². The van der Waals surface area contributed by atoms with E-state index in [0.717, 1.165) is 12.1 Å². The number of amides is 1. The molecular weight excluding hydrogens is 402 g/mol. The van der Waals surface area contributed by atoms with Crippen molar-refractivity contribution >= 4 is 21.6 Å². The summed E-state index contributed by atoms with van der Waals surface area (Å²) in [6, 6.07) is 14.5. The van der Waals surface area contributed by atoms with Gasteiger partial charge in [0.1, 0.15) is 5.75 Å². The van der Waals surface area contributed by atoms with Gasteiger partial charge in [-0.3, -0.25) is 4.79 Å². The van der Waals surface area contributed by atoms with Crippen LogP contribution in [0.5, 0.6) is 5.75 Å². The lowest BCUT2D eigenvalue weighted by atomic mass is 10.1. The van der Waals surface area contributed by atoms with Crippen molar-refractivity contribution in [3.05, 3.63) is 54.1 Å². The number of carbonyl (C=O) groups is 1. The molecule has 7 nitrogen and oxygen atoms in total. The zero-order valence-corrected chi connectivity index (χ0v) is 18.5. The van der Waals surface area contributed by atoms with Gasteiger partial charge in [0.15, 0.2) is 0 Å². The Morgan fingerprint density at radius 2 is 1.87 bits per heavy atom. The number of likely N-dealkylation sites (tertiary alicyclic amines) is 1. The van der Waals surface area contributed by atoms with Gasteiger partial charge in [-0.2, -0.15) is 4.31 Å². The average molecular weight is 432 g/mol. The molecule has 8 heteroatoms. The van der Waals surface area contributed by atoms with E-state index in [1.807, 2.05) is 30.3 Å². The highest BCUT2D eigenvalue weighted by Crippen LogP contribution is 2.27. The molecule has 2 aromatic carbocycles. The van der Waals surface area contributed by atoms with Crippen molar-refractivity contribution in [2.45, 2.75) is 31.2 Å². The molecule has 1 N–H and O–H groups in total. The van der Waals surface area contributed by atoms with Crippen molar-refractivity contribution in [2.24, 2.45) is 0 Å². The van der Waals surface area contributed by atoms with Crippen LogP contribution in [0.2, 0.25) is 0 Å². The Hall–Kier alpha value is -2.58. The molecule has 1 amide bonds. The molecule has 1 fully saturated rings. The van der Waals surface area contributed by atoms with Crippen LogP contribution in [0, 0.1) is 0 Å². The second kappa shape index (κ2) is 9.49. The molecule has 0 saturated carbocycles. The van der Waals surface area contributed by atoms with Crippen molar-refractivity contribution in [2.75, 3.05) is 38.6 Å². The van der Waals surface area contributed by atoms with E-state index in [1.54, 1.807) is 24.8 Å². The first-order valence-electron chi connectivity index (χ1n) is 10.2. The molecule has 0 spiro atoms. The largest absolute Gasteiger partial charge is 0.496 e. The van der Waals surface area contributed by atoms with Gasteiger partial charge < -0.3 is 15.0 Å². The van der Waals surface area contributed by atoms with Crippen LogP contribution in [-0.4, -0.2) is 62.9 Å². The van der Waals surface area contributed by atoms with Crippen molar-refractivity contribution in [1.29, 1.82) is 0 Å². The summed E-state index contributed by atoms with van der Waals surface area (Å²) in [6.07, 6.45) is 0.820.